The summed E-state index contributed by atoms with van der Waals surface area (Å²) in [4.78, 5) is 11.2. The van der Waals surface area contributed by atoms with Crippen molar-refractivity contribution in [2.24, 2.45) is 0 Å². The van der Waals surface area contributed by atoms with Crippen LogP contribution in [0.4, 0.5) is 0 Å². The molecule has 0 saturated heterocycles. The van der Waals surface area contributed by atoms with Crippen molar-refractivity contribution in [1.82, 2.24) is 0 Å². The van der Waals surface area contributed by atoms with Crippen LogP contribution in [0.1, 0.15) is 24.5 Å². The quantitative estimate of drug-likeness (QED) is 0.821. The Bertz CT molecular complexity index is 559. The molecule has 0 atom stereocenters. The molecule has 1 rings (SSSR count). The van der Waals surface area contributed by atoms with Crippen LogP contribution in [0.3, 0.4) is 0 Å². The van der Waals surface area contributed by atoms with E-state index in [0.717, 1.165) is 5.56 Å². The van der Waals surface area contributed by atoms with Gasteiger partial charge in [-0.05, 0) is 44.0 Å². The SMILES string of the molecule is COc1cc(C)c(S(=O)(=O)CCC(C)=O)cc1C. The van der Waals surface area contributed by atoms with E-state index in [1.807, 2.05) is 0 Å². The Kier molecular flexibility index (Phi) is 4.51. The highest BCUT2D eigenvalue weighted by Gasteiger charge is 2.19. The minimum Gasteiger partial charge on any atom is -0.496 e. The molecule has 0 radical (unpaired) electrons. The van der Waals surface area contributed by atoms with Gasteiger partial charge in [0.15, 0.2) is 9.84 Å². The number of carbonyl (C=O) groups excluding carboxylic acids is 1. The lowest BCUT2D eigenvalue weighted by Gasteiger charge is -2.11. The summed E-state index contributed by atoms with van der Waals surface area (Å²) in [5, 5.41) is 0. The molecule has 1 aromatic rings. The first-order valence-corrected chi connectivity index (χ1v) is 7.30. The number of methoxy groups -OCH3 is 1. The number of hydrogen-bond acceptors (Lipinski definition) is 4. The van der Waals surface area contributed by atoms with Gasteiger partial charge in [-0.15, -0.1) is 0 Å². The van der Waals surface area contributed by atoms with E-state index >= 15 is 0 Å². The maximum absolute atomic E-state index is 12.1. The number of carbonyl (C=O) groups is 1. The highest BCUT2D eigenvalue weighted by Crippen LogP contribution is 2.26. The van der Waals surface area contributed by atoms with Crippen molar-refractivity contribution in [3.8, 4) is 5.75 Å². The molecule has 0 bridgehead atoms. The molecule has 0 fully saturated rings. The van der Waals surface area contributed by atoms with Crippen molar-refractivity contribution in [2.45, 2.75) is 32.1 Å². The normalized spacial score (nSPS) is 11.3. The molecule has 18 heavy (non-hydrogen) atoms. The van der Waals surface area contributed by atoms with E-state index in [2.05, 4.69) is 0 Å². The largest absolute Gasteiger partial charge is 0.496 e. The highest BCUT2D eigenvalue weighted by atomic mass is 32.2. The van der Waals surface area contributed by atoms with Crippen LogP contribution in [-0.2, 0) is 14.6 Å². The highest BCUT2D eigenvalue weighted by molar-refractivity contribution is 7.91. The number of rotatable bonds is 5. The lowest BCUT2D eigenvalue weighted by molar-refractivity contribution is -0.116. The van der Waals surface area contributed by atoms with Crippen LogP contribution in [0.25, 0.3) is 0 Å². The summed E-state index contributed by atoms with van der Waals surface area (Å²) >= 11 is 0. The van der Waals surface area contributed by atoms with Crippen molar-refractivity contribution in [3.05, 3.63) is 23.3 Å². The Morgan fingerprint density at radius 3 is 2.33 bits per heavy atom. The third-order valence-corrected chi connectivity index (χ3v) is 4.60. The zero-order chi connectivity index (χ0) is 13.9. The molecule has 0 heterocycles. The first kappa shape index (κ1) is 14.7. The van der Waals surface area contributed by atoms with E-state index in [4.69, 9.17) is 4.74 Å². The topological polar surface area (TPSA) is 60.4 Å². The molecule has 4 nitrogen and oxygen atoms in total. The van der Waals surface area contributed by atoms with Gasteiger partial charge in [0.1, 0.15) is 11.5 Å². The Hall–Kier alpha value is -1.36. The van der Waals surface area contributed by atoms with Crippen LogP contribution >= 0.6 is 0 Å². The van der Waals surface area contributed by atoms with Crippen molar-refractivity contribution in [1.29, 1.82) is 0 Å². The van der Waals surface area contributed by atoms with Gasteiger partial charge < -0.3 is 4.74 Å². The maximum Gasteiger partial charge on any atom is 0.179 e. The first-order chi connectivity index (χ1) is 8.27. The zero-order valence-corrected chi connectivity index (χ0v) is 11.9. The van der Waals surface area contributed by atoms with E-state index in [1.165, 1.54) is 6.92 Å². The van der Waals surface area contributed by atoms with Crippen LogP contribution in [0.15, 0.2) is 17.0 Å². The Balaban J connectivity index is 3.17. The molecule has 0 N–H and O–H groups in total. The smallest absolute Gasteiger partial charge is 0.179 e. The van der Waals surface area contributed by atoms with E-state index in [-0.39, 0.29) is 22.9 Å². The van der Waals surface area contributed by atoms with Crippen molar-refractivity contribution in [3.63, 3.8) is 0 Å². The van der Waals surface area contributed by atoms with Gasteiger partial charge >= 0.3 is 0 Å². The Morgan fingerprint density at radius 1 is 1.22 bits per heavy atom. The van der Waals surface area contributed by atoms with E-state index in [0.29, 0.717) is 11.3 Å². The van der Waals surface area contributed by atoms with Gasteiger partial charge in [-0.25, -0.2) is 8.42 Å². The van der Waals surface area contributed by atoms with Crippen LogP contribution in [0.2, 0.25) is 0 Å². The lowest BCUT2D eigenvalue weighted by atomic mass is 10.1. The number of ether oxygens (including phenoxy) is 1. The van der Waals surface area contributed by atoms with E-state index in [1.54, 1.807) is 33.1 Å². The summed E-state index contributed by atoms with van der Waals surface area (Å²) in [5.74, 6) is 0.397. The summed E-state index contributed by atoms with van der Waals surface area (Å²) < 4.78 is 29.4. The van der Waals surface area contributed by atoms with Crippen molar-refractivity contribution in [2.75, 3.05) is 12.9 Å². The molecule has 0 aliphatic heterocycles. The fourth-order valence-corrected chi connectivity index (χ4v) is 3.39. The van der Waals surface area contributed by atoms with Gasteiger partial charge in [-0.1, -0.05) is 0 Å². The van der Waals surface area contributed by atoms with E-state index < -0.39 is 9.84 Å². The fourth-order valence-electron chi connectivity index (χ4n) is 1.71. The fraction of sp³-hybridized carbons (Fsp3) is 0.462. The van der Waals surface area contributed by atoms with Crippen molar-refractivity contribution >= 4 is 15.6 Å². The van der Waals surface area contributed by atoms with Gasteiger partial charge in [-0.2, -0.15) is 0 Å². The number of Topliss-reactive ketones (excluding diaryl/α,β-unsaturated/α-hetero) is 1. The Morgan fingerprint density at radius 2 is 1.83 bits per heavy atom. The molecule has 0 aromatic heterocycles. The average Bonchev–Trinajstić information content (AvgIpc) is 2.29. The molecule has 1 aromatic carbocycles. The van der Waals surface area contributed by atoms with Crippen LogP contribution in [0.5, 0.6) is 5.75 Å². The first-order valence-electron chi connectivity index (χ1n) is 5.65. The molecular weight excluding hydrogens is 252 g/mol. The second-order valence-electron chi connectivity index (χ2n) is 4.36. The minimum atomic E-state index is -3.41. The van der Waals surface area contributed by atoms with Gasteiger partial charge in [0, 0.05) is 6.42 Å². The Labute approximate surface area is 108 Å². The predicted octanol–water partition coefficient (Wildman–Crippen LogP) is 2.06. The average molecular weight is 270 g/mol. The van der Waals surface area contributed by atoms with Crippen molar-refractivity contribution < 1.29 is 17.9 Å². The number of aryl methyl sites for hydroxylation is 2. The summed E-state index contributed by atoms with van der Waals surface area (Å²) in [6.45, 7) is 4.91. The molecule has 0 saturated carbocycles. The van der Waals surface area contributed by atoms with Crippen LogP contribution in [-0.4, -0.2) is 27.1 Å². The standard InChI is InChI=1S/C13H18O4S/c1-9-8-13(10(2)7-12(9)17-4)18(15,16)6-5-11(3)14/h7-8H,5-6H2,1-4H3. The molecule has 0 unspecified atom stereocenters. The molecule has 0 spiro atoms. The minimum absolute atomic E-state index is 0.0485. The maximum atomic E-state index is 12.1. The molecule has 5 heteroatoms. The third kappa shape index (κ3) is 3.32. The molecule has 0 aliphatic rings. The lowest BCUT2D eigenvalue weighted by Crippen LogP contribution is -2.11. The number of hydrogen-bond donors (Lipinski definition) is 0. The number of sulfone groups is 1. The van der Waals surface area contributed by atoms with Crippen LogP contribution < -0.4 is 4.74 Å². The third-order valence-electron chi connectivity index (χ3n) is 2.75. The van der Waals surface area contributed by atoms with E-state index in [9.17, 15) is 13.2 Å². The second kappa shape index (κ2) is 5.52. The van der Waals surface area contributed by atoms with Gasteiger partial charge in [0.05, 0.1) is 17.8 Å². The zero-order valence-electron chi connectivity index (χ0n) is 11.1. The molecule has 0 aliphatic carbocycles. The summed E-state index contributed by atoms with van der Waals surface area (Å²) in [7, 11) is -1.86. The molecular formula is C13H18O4S. The van der Waals surface area contributed by atoms with Gasteiger partial charge in [0.2, 0.25) is 0 Å². The number of benzene rings is 1. The number of ketones is 1. The molecule has 100 valence electrons. The summed E-state index contributed by atoms with van der Waals surface area (Å²) in [6, 6.07) is 3.31. The summed E-state index contributed by atoms with van der Waals surface area (Å²) in [5.41, 5.74) is 1.41. The van der Waals surface area contributed by atoms with Gasteiger partial charge in [0.25, 0.3) is 0 Å². The molecule has 0 amide bonds. The van der Waals surface area contributed by atoms with Gasteiger partial charge in [-0.3, -0.25) is 4.79 Å². The predicted molar refractivity (Wildman–Crippen MR) is 69.8 cm³/mol. The monoisotopic (exact) mass is 270 g/mol. The van der Waals surface area contributed by atoms with Crippen LogP contribution in [0, 0.1) is 13.8 Å². The second-order valence-corrected chi connectivity index (χ2v) is 6.44. The summed E-state index contributed by atoms with van der Waals surface area (Å²) in [6.07, 6.45) is 0.0485.